The molecule has 128 valence electrons. The molecule has 0 unspecified atom stereocenters. The van der Waals surface area contributed by atoms with Gasteiger partial charge in [0.1, 0.15) is 4.88 Å². The number of carbonyl (C=O) groups is 2. The normalized spacial score (nSPS) is 18.0. The molecule has 1 atom stereocenters. The summed E-state index contributed by atoms with van der Waals surface area (Å²) in [5.74, 6) is -0.368. The van der Waals surface area contributed by atoms with E-state index in [0.29, 0.717) is 18.7 Å². The standard InChI is InChI=1S/C16H19N3O4S/c1-10-9-13(23-18-10)12-3-2-6-19(12)7-4-14(20)17-11-5-8-24-15(11)16(21)22/h5,8-9,12H,2-4,6-7H2,1H3,(H,17,20)(H,21,22)/t12-/m0/s1. The molecule has 24 heavy (non-hydrogen) atoms. The number of carbonyl (C=O) groups excluding carboxylic acids is 1. The van der Waals surface area contributed by atoms with E-state index in [1.54, 1.807) is 11.4 Å². The Morgan fingerprint density at radius 3 is 3.08 bits per heavy atom. The Hall–Kier alpha value is -2.19. The molecular weight excluding hydrogens is 330 g/mol. The Morgan fingerprint density at radius 1 is 1.54 bits per heavy atom. The minimum atomic E-state index is -1.03. The van der Waals surface area contributed by atoms with Gasteiger partial charge in [-0.25, -0.2) is 4.79 Å². The van der Waals surface area contributed by atoms with Crippen LogP contribution in [-0.4, -0.2) is 40.1 Å². The third kappa shape index (κ3) is 3.65. The first-order valence-corrected chi connectivity index (χ1v) is 8.70. The number of carboxylic acids is 1. The van der Waals surface area contributed by atoms with E-state index in [0.717, 1.165) is 42.2 Å². The lowest BCUT2D eigenvalue weighted by Gasteiger charge is -2.21. The zero-order chi connectivity index (χ0) is 17.1. The first kappa shape index (κ1) is 16.7. The largest absolute Gasteiger partial charge is 0.477 e. The van der Waals surface area contributed by atoms with Gasteiger partial charge in [0.15, 0.2) is 5.76 Å². The Morgan fingerprint density at radius 2 is 2.38 bits per heavy atom. The minimum Gasteiger partial charge on any atom is -0.477 e. The molecule has 1 amide bonds. The van der Waals surface area contributed by atoms with Crippen LogP contribution >= 0.6 is 11.3 Å². The molecule has 0 aromatic carbocycles. The number of nitrogens with zero attached hydrogens (tertiary/aromatic N) is 2. The van der Waals surface area contributed by atoms with Gasteiger partial charge in [-0.15, -0.1) is 11.3 Å². The van der Waals surface area contributed by atoms with Crippen molar-refractivity contribution in [2.24, 2.45) is 0 Å². The maximum Gasteiger partial charge on any atom is 0.348 e. The number of hydrogen-bond donors (Lipinski definition) is 2. The van der Waals surface area contributed by atoms with Crippen LogP contribution < -0.4 is 5.32 Å². The summed E-state index contributed by atoms with van der Waals surface area (Å²) in [6.45, 7) is 3.40. The highest BCUT2D eigenvalue weighted by molar-refractivity contribution is 7.12. The van der Waals surface area contributed by atoms with Crippen LogP contribution in [0.15, 0.2) is 22.0 Å². The second-order valence-electron chi connectivity index (χ2n) is 5.83. The molecule has 0 saturated carbocycles. The summed E-state index contributed by atoms with van der Waals surface area (Å²) in [4.78, 5) is 25.6. The second kappa shape index (κ2) is 7.14. The number of likely N-dealkylation sites (tertiary alicyclic amines) is 1. The lowest BCUT2D eigenvalue weighted by molar-refractivity contribution is -0.116. The molecule has 1 fully saturated rings. The summed E-state index contributed by atoms with van der Waals surface area (Å²) >= 11 is 1.10. The van der Waals surface area contributed by atoms with Gasteiger partial charge in [-0.3, -0.25) is 9.69 Å². The number of nitrogens with one attached hydrogen (secondary N) is 1. The van der Waals surface area contributed by atoms with E-state index in [2.05, 4.69) is 15.4 Å². The smallest absolute Gasteiger partial charge is 0.348 e. The number of aryl methyl sites for hydroxylation is 1. The minimum absolute atomic E-state index is 0.152. The Kier molecular flexibility index (Phi) is 4.96. The molecule has 2 aromatic heterocycles. The number of thiophene rings is 1. The first-order chi connectivity index (χ1) is 11.5. The summed E-state index contributed by atoms with van der Waals surface area (Å²) in [7, 11) is 0. The van der Waals surface area contributed by atoms with Crippen molar-refractivity contribution in [1.29, 1.82) is 0 Å². The number of aromatic carboxylic acids is 1. The van der Waals surface area contributed by atoms with Gasteiger partial charge in [0.25, 0.3) is 0 Å². The van der Waals surface area contributed by atoms with Gasteiger partial charge >= 0.3 is 5.97 Å². The lowest BCUT2D eigenvalue weighted by atomic mass is 10.1. The van der Waals surface area contributed by atoms with E-state index in [9.17, 15) is 9.59 Å². The first-order valence-electron chi connectivity index (χ1n) is 7.82. The third-order valence-corrected chi connectivity index (χ3v) is 5.00. The van der Waals surface area contributed by atoms with Gasteiger partial charge in [0.05, 0.1) is 17.4 Å². The Balaban J connectivity index is 1.56. The predicted molar refractivity (Wildman–Crippen MR) is 89.3 cm³/mol. The van der Waals surface area contributed by atoms with E-state index in [-0.39, 0.29) is 16.8 Å². The molecular formula is C16H19N3O4S. The topological polar surface area (TPSA) is 95.7 Å². The van der Waals surface area contributed by atoms with Crippen LogP contribution in [0.25, 0.3) is 0 Å². The van der Waals surface area contributed by atoms with Crippen molar-refractivity contribution in [1.82, 2.24) is 10.1 Å². The highest BCUT2D eigenvalue weighted by atomic mass is 32.1. The maximum absolute atomic E-state index is 12.1. The summed E-state index contributed by atoms with van der Waals surface area (Å²) in [6.07, 6.45) is 2.35. The SMILES string of the molecule is Cc1cc([C@@H]2CCCN2CCC(=O)Nc2ccsc2C(=O)O)on1. The molecule has 3 heterocycles. The van der Waals surface area contributed by atoms with Crippen LogP contribution in [-0.2, 0) is 4.79 Å². The van der Waals surface area contributed by atoms with Crippen molar-refractivity contribution in [2.75, 3.05) is 18.4 Å². The average Bonchev–Trinajstić information content (AvgIpc) is 3.24. The highest BCUT2D eigenvalue weighted by Crippen LogP contribution is 2.32. The maximum atomic E-state index is 12.1. The van der Waals surface area contributed by atoms with Crippen LogP contribution in [0.2, 0.25) is 0 Å². The molecule has 0 spiro atoms. The van der Waals surface area contributed by atoms with Gasteiger partial charge in [-0.2, -0.15) is 0 Å². The zero-order valence-corrected chi connectivity index (χ0v) is 14.1. The average molecular weight is 349 g/mol. The van der Waals surface area contributed by atoms with Gasteiger partial charge in [-0.05, 0) is 37.8 Å². The monoisotopic (exact) mass is 349 g/mol. The summed E-state index contributed by atoms with van der Waals surface area (Å²) in [6, 6.07) is 3.71. The second-order valence-corrected chi connectivity index (χ2v) is 6.75. The van der Waals surface area contributed by atoms with Crippen LogP contribution in [0.1, 0.15) is 46.4 Å². The van der Waals surface area contributed by atoms with Crippen LogP contribution in [0, 0.1) is 6.92 Å². The molecule has 2 aromatic rings. The van der Waals surface area contributed by atoms with E-state index in [1.807, 2.05) is 13.0 Å². The molecule has 7 nitrogen and oxygen atoms in total. The fourth-order valence-electron chi connectivity index (χ4n) is 2.99. The number of aromatic nitrogens is 1. The number of carboxylic acid groups (broad SMARTS) is 1. The van der Waals surface area contributed by atoms with Crippen LogP contribution in [0.3, 0.4) is 0 Å². The number of amides is 1. The molecule has 0 aliphatic carbocycles. The van der Waals surface area contributed by atoms with Gasteiger partial charge < -0.3 is 14.9 Å². The van der Waals surface area contributed by atoms with E-state index < -0.39 is 5.97 Å². The van der Waals surface area contributed by atoms with Crippen LogP contribution in [0.5, 0.6) is 0 Å². The molecule has 8 heteroatoms. The van der Waals surface area contributed by atoms with Crippen molar-refractivity contribution >= 4 is 28.9 Å². The fourth-order valence-corrected chi connectivity index (χ4v) is 3.67. The van der Waals surface area contributed by atoms with Crippen molar-refractivity contribution in [3.05, 3.63) is 33.8 Å². The molecule has 0 radical (unpaired) electrons. The van der Waals surface area contributed by atoms with E-state index in [4.69, 9.17) is 9.63 Å². The van der Waals surface area contributed by atoms with Crippen molar-refractivity contribution < 1.29 is 19.2 Å². The van der Waals surface area contributed by atoms with Gasteiger partial charge in [-0.1, -0.05) is 5.16 Å². The Bertz CT molecular complexity index is 739. The van der Waals surface area contributed by atoms with Crippen LogP contribution in [0.4, 0.5) is 5.69 Å². The fraction of sp³-hybridized carbons (Fsp3) is 0.438. The summed E-state index contributed by atoms with van der Waals surface area (Å²) < 4.78 is 5.36. The van der Waals surface area contributed by atoms with E-state index in [1.165, 1.54) is 0 Å². The third-order valence-electron chi connectivity index (χ3n) is 4.10. The molecule has 1 aliphatic rings. The zero-order valence-electron chi connectivity index (χ0n) is 13.3. The summed E-state index contributed by atoms with van der Waals surface area (Å²) in [5, 5.41) is 17.3. The van der Waals surface area contributed by atoms with Crippen molar-refractivity contribution in [3.63, 3.8) is 0 Å². The Labute approximate surface area is 143 Å². The molecule has 3 rings (SSSR count). The van der Waals surface area contributed by atoms with Crippen molar-refractivity contribution in [2.45, 2.75) is 32.2 Å². The molecule has 1 saturated heterocycles. The van der Waals surface area contributed by atoms with E-state index >= 15 is 0 Å². The highest BCUT2D eigenvalue weighted by Gasteiger charge is 2.29. The number of rotatable bonds is 6. The lowest BCUT2D eigenvalue weighted by Crippen LogP contribution is -2.27. The molecule has 0 bridgehead atoms. The number of anilines is 1. The molecule has 1 aliphatic heterocycles. The summed E-state index contributed by atoms with van der Waals surface area (Å²) in [5.41, 5.74) is 1.22. The number of hydrogen-bond acceptors (Lipinski definition) is 6. The van der Waals surface area contributed by atoms with Gasteiger partial charge in [0, 0.05) is 19.0 Å². The molecule has 2 N–H and O–H groups in total. The predicted octanol–water partition coefficient (Wildman–Crippen LogP) is 2.91. The van der Waals surface area contributed by atoms with Crippen molar-refractivity contribution in [3.8, 4) is 0 Å². The van der Waals surface area contributed by atoms with Gasteiger partial charge in [0.2, 0.25) is 5.91 Å². The quantitative estimate of drug-likeness (QED) is 0.832.